The minimum Gasteiger partial charge on any atom is -0.379 e. The van der Waals surface area contributed by atoms with Crippen LogP contribution in [0.4, 0.5) is 0 Å². The highest BCUT2D eigenvalue weighted by molar-refractivity contribution is 6.30. The molecule has 0 radical (unpaired) electrons. The Morgan fingerprint density at radius 3 is 2.63 bits per heavy atom. The number of aryl methyl sites for hydroxylation is 1. The molecule has 1 aliphatic rings. The number of benzene rings is 2. The molecule has 1 fully saturated rings. The fourth-order valence-electron chi connectivity index (χ4n) is 4.19. The third-order valence-electron chi connectivity index (χ3n) is 5.82. The van der Waals surface area contributed by atoms with E-state index in [1.165, 1.54) is 16.5 Å². The van der Waals surface area contributed by atoms with Crippen LogP contribution in [0.25, 0.3) is 10.9 Å². The zero-order valence-electron chi connectivity index (χ0n) is 17.3. The van der Waals surface area contributed by atoms with E-state index in [0.717, 1.165) is 38.4 Å². The number of ether oxygens (including phenoxy) is 1. The zero-order chi connectivity index (χ0) is 20.9. The second-order valence-corrected chi connectivity index (χ2v) is 8.26. The summed E-state index contributed by atoms with van der Waals surface area (Å²) in [5.74, 6) is 0.0351. The molecule has 2 aromatic carbocycles. The van der Waals surface area contributed by atoms with Crippen LogP contribution in [0.1, 0.15) is 23.5 Å². The number of aromatic nitrogens is 1. The molecule has 1 aromatic heterocycles. The van der Waals surface area contributed by atoms with Crippen LogP contribution >= 0.6 is 11.6 Å². The lowest BCUT2D eigenvalue weighted by molar-refractivity contribution is -0.121. The summed E-state index contributed by atoms with van der Waals surface area (Å²) < 4.78 is 7.51. The Morgan fingerprint density at radius 1 is 1.13 bits per heavy atom. The van der Waals surface area contributed by atoms with Gasteiger partial charge in [0, 0.05) is 67.7 Å². The monoisotopic (exact) mass is 425 g/mol. The summed E-state index contributed by atoms with van der Waals surface area (Å²) >= 11 is 6.11. The van der Waals surface area contributed by atoms with E-state index in [1.807, 2.05) is 43.4 Å². The first-order chi connectivity index (χ1) is 14.6. The average molecular weight is 426 g/mol. The lowest BCUT2D eigenvalue weighted by Gasteiger charge is -2.26. The van der Waals surface area contributed by atoms with Gasteiger partial charge in [-0.1, -0.05) is 41.9 Å². The van der Waals surface area contributed by atoms with Crippen molar-refractivity contribution in [1.82, 2.24) is 14.8 Å². The van der Waals surface area contributed by atoms with Crippen LogP contribution in [0.2, 0.25) is 5.02 Å². The van der Waals surface area contributed by atoms with Crippen molar-refractivity contribution in [2.45, 2.75) is 12.3 Å². The number of carbonyl (C=O) groups is 1. The highest BCUT2D eigenvalue weighted by Crippen LogP contribution is 2.34. The van der Waals surface area contributed by atoms with Gasteiger partial charge in [-0.2, -0.15) is 0 Å². The van der Waals surface area contributed by atoms with Gasteiger partial charge in [-0.3, -0.25) is 9.69 Å². The molecule has 0 bridgehead atoms. The predicted octanol–water partition coefficient (Wildman–Crippen LogP) is 3.80. The predicted molar refractivity (Wildman–Crippen MR) is 121 cm³/mol. The van der Waals surface area contributed by atoms with Crippen molar-refractivity contribution in [2.24, 2.45) is 7.05 Å². The summed E-state index contributed by atoms with van der Waals surface area (Å²) in [5.41, 5.74) is 3.43. The number of amides is 1. The summed E-state index contributed by atoms with van der Waals surface area (Å²) in [7, 11) is 2.05. The van der Waals surface area contributed by atoms with E-state index in [4.69, 9.17) is 16.3 Å². The van der Waals surface area contributed by atoms with Crippen molar-refractivity contribution in [1.29, 1.82) is 0 Å². The minimum atomic E-state index is -0.0308. The Kier molecular flexibility index (Phi) is 6.72. The number of rotatable bonds is 7. The number of nitrogens with one attached hydrogen (secondary N) is 1. The van der Waals surface area contributed by atoms with Crippen molar-refractivity contribution in [2.75, 3.05) is 39.4 Å². The molecule has 5 nitrogen and oxygen atoms in total. The van der Waals surface area contributed by atoms with Gasteiger partial charge in [-0.05, 0) is 29.3 Å². The second-order valence-electron chi connectivity index (χ2n) is 7.82. The number of hydrogen-bond donors (Lipinski definition) is 1. The van der Waals surface area contributed by atoms with Crippen molar-refractivity contribution in [3.05, 3.63) is 70.9 Å². The lowest BCUT2D eigenvalue weighted by Crippen LogP contribution is -2.41. The van der Waals surface area contributed by atoms with Crippen molar-refractivity contribution >= 4 is 28.4 Å². The molecule has 0 aliphatic carbocycles. The molecule has 1 amide bonds. The normalized spacial score (nSPS) is 15.9. The molecule has 1 aliphatic heterocycles. The zero-order valence-corrected chi connectivity index (χ0v) is 18.1. The molecule has 1 saturated heterocycles. The minimum absolute atomic E-state index is 0.0308. The van der Waals surface area contributed by atoms with E-state index in [2.05, 4.69) is 33.1 Å². The first-order valence-electron chi connectivity index (χ1n) is 10.5. The fraction of sp³-hybridized carbons (Fsp3) is 0.375. The van der Waals surface area contributed by atoms with Crippen molar-refractivity contribution < 1.29 is 9.53 Å². The van der Waals surface area contributed by atoms with E-state index in [9.17, 15) is 4.79 Å². The summed E-state index contributed by atoms with van der Waals surface area (Å²) in [6, 6.07) is 16.2. The van der Waals surface area contributed by atoms with Gasteiger partial charge in [0.25, 0.3) is 0 Å². The van der Waals surface area contributed by atoms with E-state index >= 15 is 0 Å². The number of nitrogens with zero attached hydrogens (tertiary/aromatic N) is 2. The molecule has 0 spiro atoms. The third-order valence-corrected chi connectivity index (χ3v) is 6.07. The second kappa shape index (κ2) is 9.65. The molecule has 1 atom stereocenters. The molecular weight excluding hydrogens is 398 g/mol. The van der Waals surface area contributed by atoms with Gasteiger partial charge in [-0.25, -0.2) is 0 Å². The lowest BCUT2D eigenvalue weighted by atomic mass is 9.88. The Balaban J connectivity index is 1.52. The van der Waals surface area contributed by atoms with E-state index in [1.54, 1.807) is 0 Å². The van der Waals surface area contributed by atoms with Crippen molar-refractivity contribution in [3.8, 4) is 0 Å². The van der Waals surface area contributed by atoms with Crippen LogP contribution < -0.4 is 5.32 Å². The van der Waals surface area contributed by atoms with Crippen LogP contribution in [0.3, 0.4) is 0 Å². The molecule has 30 heavy (non-hydrogen) atoms. The topological polar surface area (TPSA) is 46.5 Å². The maximum absolute atomic E-state index is 12.9. The third kappa shape index (κ3) is 4.86. The van der Waals surface area contributed by atoms with E-state index in [-0.39, 0.29) is 11.8 Å². The van der Waals surface area contributed by atoms with Gasteiger partial charge >= 0.3 is 0 Å². The number of carbonyl (C=O) groups excluding carboxylic acids is 1. The first-order valence-corrected chi connectivity index (χ1v) is 10.9. The molecule has 0 unspecified atom stereocenters. The van der Waals surface area contributed by atoms with Gasteiger partial charge in [0.15, 0.2) is 0 Å². The first kappa shape index (κ1) is 20.9. The highest BCUT2D eigenvalue weighted by atomic mass is 35.5. The van der Waals surface area contributed by atoms with Crippen LogP contribution in [0, 0.1) is 0 Å². The number of fused-ring (bicyclic) bond motifs is 1. The SMILES string of the molecule is Cn1cc([C@H](CC(=O)NCCN2CCOCC2)c2ccc(Cl)cc2)c2ccccc21. The smallest absolute Gasteiger partial charge is 0.220 e. The number of morpholine rings is 1. The van der Waals surface area contributed by atoms with Crippen molar-refractivity contribution in [3.63, 3.8) is 0 Å². The van der Waals surface area contributed by atoms with Gasteiger partial charge in [-0.15, -0.1) is 0 Å². The summed E-state index contributed by atoms with van der Waals surface area (Å²) in [6.45, 7) is 4.91. The summed E-state index contributed by atoms with van der Waals surface area (Å²) in [6.07, 6.45) is 2.55. The van der Waals surface area contributed by atoms with E-state index < -0.39 is 0 Å². The fourth-order valence-corrected chi connectivity index (χ4v) is 4.31. The highest BCUT2D eigenvalue weighted by Gasteiger charge is 2.22. The Hall–Kier alpha value is -2.34. The number of para-hydroxylation sites is 1. The van der Waals surface area contributed by atoms with Crippen LogP contribution in [0.15, 0.2) is 54.7 Å². The standard InChI is InChI=1S/C24H28ClN3O2/c1-27-17-22(20-4-2-3-5-23(20)27)21(18-6-8-19(25)9-7-18)16-24(29)26-10-11-28-12-14-30-15-13-28/h2-9,17,21H,10-16H2,1H3,(H,26,29)/t21-/m1/s1. The quantitative estimate of drug-likeness (QED) is 0.626. The van der Waals surface area contributed by atoms with Crippen LogP contribution in [-0.4, -0.2) is 54.8 Å². The maximum atomic E-state index is 12.9. The molecule has 6 heteroatoms. The number of halogens is 1. The summed E-state index contributed by atoms with van der Waals surface area (Å²) in [4.78, 5) is 15.2. The molecular formula is C24H28ClN3O2. The Labute approximate surface area is 182 Å². The Morgan fingerprint density at radius 2 is 1.87 bits per heavy atom. The number of hydrogen-bond acceptors (Lipinski definition) is 3. The van der Waals surface area contributed by atoms with Gasteiger partial charge < -0.3 is 14.6 Å². The Bertz CT molecular complexity index is 993. The molecule has 158 valence electrons. The molecule has 4 rings (SSSR count). The van der Waals surface area contributed by atoms with Gasteiger partial charge in [0.1, 0.15) is 0 Å². The maximum Gasteiger partial charge on any atom is 0.220 e. The molecule has 0 saturated carbocycles. The molecule has 1 N–H and O–H groups in total. The van der Waals surface area contributed by atoms with E-state index in [0.29, 0.717) is 18.0 Å². The average Bonchev–Trinajstić information content (AvgIpc) is 3.10. The van der Waals surface area contributed by atoms with Crippen LogP contribution in [-0.2, 0) is 16.6 Å². The van der Waals surface area contributed by atoms with Gasteiger partial charge in [0.2, 0.25) is 5.91 Å². The summed E-state index contributed by atoms with van der Waals surface area (Å²) in [5, 5.41) is 4.99. The molecule has 2 heterocycles. The van der Waals surface area contributed by atoms with Gasteiger partial charge in [0.05, 0.1) is 13.2 Å². The molecule has 3 aromatic rings. The van der Waals surface area contributed by atoms with Crippen LogP contribution in [0.5, 0.6) is 0 Å². The largest absolute Gasteiger partial charge is 0.379 e.